The average molecular weight is 433 g/mol. The number of esters is 1. The molecule has 0 aliphatic carbocycles. The van der Waals surface area contributed by atoms with Crippen LogP contribution >= 0.6 is 11.6 Å². The van der Waals surface area contributed by atoms with Gasteiger partial charge in [0, 0.05) is 11.1 Å². The van der Waals surface area contributed by atoms with Crippen molar-refractivity contribution in [2.75, 3.05) is 7.11 Å². The van der Waals surface area contributed by atoms with Crippen LogP contribution in [0.5, 0.6) is 29.1 Å². The Balaban J connectivity index is 2.14. The molecule has 1 N–H and O–H groups in total. The number of aromatic nitrogens is 2. The van der Waals surface area contributed by atoms with Crippen molar-refractivity contribution in [2.24, 2.45) is 0 Å². The number of aromatic hydroxyl groups is 1. The van der Waals surface area contributed by atoms with Crippen LogP contribution in [-0.4, -0.2) is 34.3 Å². The van der Waals surface area contributed by atoms with Gasteiger partial charge in [0.05, 0.1) is 18.0 Å². The van der Waals surface area contributed by atoms with Crippen LogP contribution in [-0.2, 0) is 4.79 Å². The second-order valence-electron chi connectivity index (χ2n) is 5.42. The Bertz CT molecular complexity index is 1110. The Morgan fingerprint density at radius 3 is 2.48 bits per heavy atom. The summed E-state index contributed by atoms with van der Waals surface area (Å²) in [4.78, 5) is 18.3. The first-order chi connectivity index (χ1) is 13.6. The number of hydrogen-bond donors (Lipinski definition) is 1. The molecular weight excluding hydrogens is 424 g/mol. The standard InChI is InChI=1S/C17H9ClF4N2O5/c1-27-13-5-8-10(6-11(13)25)23-16(29-15(26)17(20,21)22)24-14(8)28-12-3-2-7(18)4-9(12)19/h2-6,25H,1H3. The van der Waals surface area contributed by atoms with Gasteiger partial charge in [0.1, 0.15) is 0 Å². The van der Waals surface area contributed by atoms with E-state index >= 15 is 0 Å². The number of carbonyl (C=O) groups excluding carboxylic acids is 1. The molecule has 0 fully saturated rings. The first-order valence-electron chi connectivity index (χ1n) is 7.59. The zero-order chi connectivity index (χ0) is 21.3. The van der Waals surface area contributed by atoms with Crippen LogP contribution in [0.2, 0.25) is 5.02 Å². The maximum atomic E-state index is 14.1. The highest BCUT2D eigenvalue weighted by Crippen LogP contribution is 2.37. The van der Waals surface area contributed by atoms with Crippen LogP contribution in [0.25, 0.3) is 10.9 Å². The minimum absolute atomic E-state index is 0.0285. The number of phenolic OH excluding ortho intramolecular Hbond substituents is 1. The number of nitrogens with zero attached hydrogens (tertiary/aromatic N) is 2. The third-order valence-electron chi connectivity index (χ3n) is 3.46. The van der Waals surface area contributed by atoms with E-state index in [1.807, 2.05) is 0 Å². The second-order valence-corrected chi connectivity index (χ2v) is 5.85. The van der Waals surface area contributed by atoms with E-state index in [9.17, 15) is 27.5 Å². The van der Waals surface area contributed by atoms with E-state index in [0.717, 1.165) is 18.2 Å². The van der Waals surface area contributed by atoms with Crippen LogP contribution in [0.4, 0.5) is 17.6 Å². The Labute approximate surface area is 164 Å². The predicted octanol–water partition coefficient (Wildman–Crippen LogP) is 4.40. The van der Waals surface area contributed by atoms with Gasteiger partial charge >= 0.3 is 18.2 Å². The molecule has 12 heteroatoms. The molecule has 0 saturated carbocycles. The SMILES string of the molecule is COc1cc2c(Oc3ccc(Cl)cc3F)nc(OC(=O)C(F)(F)F)nc2cc1O. The molecule has 3 rings (SSSR count). The topological polar surface area (TPSA) is 90.8 Å². The van der Waals surface area contributed by atoms with E-state index in [4.69, 9.17) is 21.1 Å². The van der Waals surface area contributed by atoms with Gasteiger partial charge in [-0.05, 0) is 24.3 Å². The first-order valence-corrected chi connectivity index (χ1v) is 7.97. The van der Waals surface area contributed by atoms with Gasteiger partial charge in [0.25, 0.3) is 0 Å². The number of carbonyl (C=O) groups is 1. The molecule has 2 aromatic carbocycles. The van der Waals surface area contributed by atoms with Crippen molar-refractivity contribution in [1.82, 2.24) is 9.97 Å². The van der Waals surface area contributed by atoms with Gasteiger partial charge in [-0.2, -0.15) is 23.1 Å². The monoisotopic (exact) mass is 432 g/mol. The van der Waals surface area contributed by atoms with Crippen molar-refractivity contribution in [1.29, 1.82) is 0 Å². The van der Waals surface area contributed by atoms with E-state index in [-0.39, 0.29) is 27.4 Å². The Morgan fingerprint density at radius 2 is 1.86 bits per heavy atom. The fourth-order valence-electron chi connectivity index (χ4n) is 2.19. The van der Waals surface area contributed by atoms with Gasteiger partial charge in [-0.1, -0.05) is 11.6 Å². The fraction of sp³-hybridized carbons (Fsp3) is 0.118. The lowest BCUT2D eigenvalue weighted by molar-refractivity contribution is -0.190. The maximum absolute atomic E-state index is 14.1. The van der Waals surface area contributed by atoms with Gasteiger partial charge < -0.3 is 19.3 Å². The summed E-state index contributed by atoms with van der Waals surface area (Å²) in [6, 6.07) is 4.62. The Kier molecular flexibility index (Phi) is 5.33. The summed E-state index contributed by atoms with van der Waals surface area (Å²) in [7, 11) is 1.25. The Morgan fingerprint density at radius 1 is 1.14 bits per heavy atom. The zero-order valence-electron chi connectivity index (χ0n) is 14.3. The van der Waals surface area contributed by atoms with E-state index in [0.29, 0.717) is 0 Å². The van der Waals surface area contributed by atoms with Gasteiger partial charge in [0.15, 0.2) is 23.1 Å². The molecule has 0 unspecified atom stereocenters. The minimum Gasteiger partial charge on any atom is -0.504 e. The second kappa shape index (κ2) is 7.59. The highest BCUT2D eigenvalue weighted by atomic mass is 35.5. The van der Waals surface area contributed by atoms with Crippen LogP contribution in [0.3, 0.4) is 0 Å². The van der Waals surface area contributed by atoms with Crippen LogP contribution in [0.15, 0.2) is 30.3 Å². The van der Waals surface area contributed by atoms with Gasteiger partial charge in [0.2, 0.25) is 5.88 Å². The number of ether oxygens (including phenoxy) is 3. The number of halogens is 5. The quantitative estimate of drug-likeness (QED) is 0.482. The first kappa shape index (κ1) is 20.4. The lowest BCUT2D eigenvalue weighted by atomic mass is 10.2. The molecule has 0 spiro atoms. The normalized spacial score (nSPS) is 11.4. The molecule has 0 aliphatic heterocycles. The molecule has 1 aromatic heterocycles. The molecule has 3 aromatic rings. The molecular formula is C17H9ClF4N2O5. The third kappa shape index (κ3) is 4.40. The van der Waals surface area contributed by atoms with Crippen LogP contribution in [0.1, 0.15) is 0 Å². The lowest BCUT2D eigenvalue weighted by Crippen LogP contribution is -2.28. The smallest absolute Gasteiger partial charge is 0.491 e. The zero-order valence-corrected chi connectivity index (χ0v) is 15.0. The molecule has 152 valence electrons. The predicted molar refractivity (Wildman–Crippen MR) is 90.9 cm³/mol. The van der Waals surface area contributed by atoms with Crippen LogP contribution in [0, 0.1) is 5.82 Å². The Hall–Kier alpha value is -3.34. The number of alkyl halides is 3. The van der Waals surface area contributed by atoms with E-state index in [1.165, 1.54) is 19.2 Å². The fourth-order valence-corrected chi connectivity index (χ4v) is 2.34. The summed E-state index contributed by atoms with van der Waals surface area (Å²) in [5.41, 5.74) is -0.160. The highest BCUT2D eigenvalue weighted by Gasteiger charge is 2.42. The van der Waals surface area contributed by atoms with Crippen molar-refractivity contribution in [3.63, 3.8) is 0 Å². The maximum Gasteiger partial charge on any atom is 0.491 e. The van der Waals surface area contributed by atoms with Gasteiger partial charge in [-0.15, -0.1) is 0 Å². The van der Waals surface area contributed by atoms with Gasteiger partial charge in [-0.25, -0.2) is 9.18 Å². The number of rotatable bonds is 4. The number of hydrogen-bond acceptors (Lipinski definition) is 7. The van der Waals surface area contributed by atoms with Crippen molar-refractivity contribution in [2.45, 2.75) is 6.18 Å². The summed E-state index contributed by atoms with van der Waals surface area (Å²) in [6.07, 6.45) is -5.30. The van der Waals surface area contributed by atoms with E-state index < -0.39 is 35.6 Å². The summed E-state index contributed by atoms with van der Waals surface area (Å²) < 4.78 is 65.9. The van der Waals surface area contributed by atoms with Crippen molar-refractivity contribution < 1.29 is 41.7 Å². The molecule has 0 radical (unpaired) electrons. The summed E-state index contributed by atoms with van der Waals surface area (Å²) in [5, 5.41) is 9.98. The third-order valence-corrected chi connectivity index (χ3v) is 3.69. The van der Waals surface area contributed by atoms with E-state index in [1.54, 1.807) is 0 Å². The average Bonchev–Trinajstić information content (AvgIpc) is 2.62. The minimum atomic E-state index is -5.30. The lowest BCUT2D eigenvalue weighted by Gasteiger charge is -2.12. The van der Waals surface area contributed by atoms with Crippen molar-refractivity contribution in [3.05, 3.63) is 41.2 Å². The summed E-state index contributed by atoms with van der Waals surface area (Å²) in [5.74, 6) is -4.73. The van der Waals surface area contributed by atoms with Crippen LogP contribution < -0.4 is 14.2 Å². The largest absolute Gasteiger partial charge is 0.504 e. The number of methoxy groups -OCH3 is 1. The number of fused-ring (bicyclic) bond motifs is 1. The number of benzene rings is 2. The summed E-state index contributed by atoms with van der Waals surface area (Å²) in [6.45, 7) is 0. The molecule has 0 amide bonds. The molecule has 29 heavy (non-hydrogen) atoms. The summed E-state index contributed by atoms with van der Waals surface area (Å²) >= 11 is 5.67. The highest BCUT2D eigenvalue weighted by molar-refractivity contribution is 6.30. The van der Waals surface area contributed by atoms with Gasteiger partial charge in [-0.3, -0.25) is 0 Å². The molecule has 0 aliphatic rings. The molecule has 7 nitrogen and oxygen atoms in total. The van der Waals surface area contributed by atoms with E-state index in [2.05, 4.69) is 14.7 Å². The molecule has 0 atom stereocenters. The molecule has 1 heterocycles. The van der Waals surface area contributed by atoms with Crippen molar-refractivity contribution >= 4 is 28.5 Å². The van der Waals surface area contributed by atoms with Crippen molar-refractivity contribution in [3.8, 4) is 29.1 Å². The molecule has 0 saturated heterocycles. The molecule has 0 bridgehead atoms. The number of phenols is 1.